The molecule has 0 radical (unpaired) electrons. The Morgan fingerprint density at radius 3 is 2.67 bits per heavy atom. The molecule has 124 valence electrons. The Bertz CT molecular complexity index is 390. The highest BCUT2D eigenvalue weighted by atomic mass is 35.5. The molecule has 5 nitrogen and oxygen atoms in total. The average molecular weight is 357 g/mol. The Morgan fingerprint density at radius 1 is 1.38 bits per heavy atom. The van der Waals surface area contributed by atoms with Crippen molar-refractivity contribution in [2.45, 2.75) is 26.7 Å². The fourth-order valence-corrected chi connectivity index (χ4v) is 2.61. The lowest BCUT2D eigenvalue weighted by atomic mass is 10.4. The highest BCUT2D eigenvalue weighted by Crippen LogP contribution is 2.09. The van der Waals surface area contributed by atoms with Gasteiger partial charge >= 0.3 is 0 Å². The number of halogens is 2. The van der Waals surface area contributed by atoms with E-state index in [-0.39, 0.29) is 30.7 Å². The standard InChI is InChI=1S/C13H24N4OS.2ClH/c1-3-8-17(4-2)9-7-15-13(18)11-10-19-12(16-11)5-6-14;;/h10H,3-9,14H2,1-2H3,(H,15,18);2*1H. The van der Waals surface area contributed by atoms with Crippen LogP contribution in [0.3, 0.4) is 0 Å². The molecule has 21 heavy (non-hydrogen) atoms. The molecular formula is C13H26Cl2N4OS. The van der Waals surface area contributed by atoms with Crippen LogP contribution in [0, 0.1) is 0 Å². The molecule has 0 saturated heterocycles. The van der Waals surface area contributed by atoms with Crippen molar-refractivity contribution in [3.05, 3.63) is 16.1 Å². The number of thiazole rings is 1. The Morgan fingerprint density at radius 2 is 2.10 bits per heavy atom. The molecule has 0 aliphatic heterocycles. The van der Waals surface area contributed by atoms with Crippen molar-refractivity contribution in [2.75, 3.05) is 32.7 Å². The fourth-order valence-electron chi connectivity index (χ4n) is 1.82. The summed E-state index contributed by atoms with van der Waals surface area (Å²) in [5, 5.41) is 5.63. The van der Waals surface area contributed by atoms with Gasteiger partial charge in [-0.05, 0) is 26.1 Å². The van der Waals surface area contributed by atoms with E-state index in [1.54, 1.807) is 5.38 Å². The number of amides is 1. The number of nitrogens with two attached hydrogens (primary N) is 1. The van der Waals surface area contributed by atoms with E-state index >= 15 is 0 Å². The molecule has 0 unspecified atom stereocenters. The van der Waals surface area contributed by atoms with E-state index in [0.29, 0.717) is 18.8 Å². The highest BCUT2D eigenvalue weighted by Gasteiger charge is 2.10. The molecule has 0 atom stereocenters. The first-order valence-corrected chi connectivity index (χ1v) is 7.74. The molecule has 0 aliphatic rings. The van der Waals surface area contributed by atoms with E-state index in [1.807, 2.05) is 0 Å². The average Bonchev–Trinajstić information content (AvgIpc) is 2.86. The molecular weight excluding hydrogens is 331 g/mol. The van der Waals surface area contributed by atoms with Gasteiger partial charge in [0.15, 0.2) is 0 Å². The predicted octanol–water partition coefficient (Wildman–Crippen LogP) is 1.95. The van der Waals surface area contributed by atoms with Crippen LogP contribution in [-0.4, -0.2) is 48.5 Å². The van der Waals surface area contributed by atoms with Crippen LogP contribution in [0.2, 0.25) is 0 Å². The maximum Gasteiger partial charge on any atom is 0.270 e. The first kappa shape index (κ1) is 22.9. The van der Waals surface area contributed by atoms with Crippen molar-refractivity contribution in [1.82, 2.24) is 15.2 Å². The zero-order chi connectivity index (χ0) is 14.1. The van der Waals surface area contributed by atoms with Gasteiger partial charge in [0.1, 0.15) is 5.69 Å². The summed E-state index contributed by atoms with van der Waals surface area (Å²) in [4.78, 5) is 18.5. The lowest BCUT2D eigenvalue weighted by Gasteiger charge is -2.19. The monoisotopic (exact) mass is 356 g/mol. The second-order valence-electron chi connectivity index (χ2n) is 4.36. The second-order valence-corrected chi connectivity index (χ2v) is 5.30. The van der Waals surface area contributed by atoms with Gasteiger partial charge in [-0.15, -0.1) is 36.2 Å². The van der Waals surface area contributed by atoms with E-state index in [4.69, 9.17) is 5.73 Å². The zero-order valence-corrected chi connectivity index (χ0v) is 15.1. The lowest BCUT2D eigenvalue weighted by molar-refractivity contribution is 0.0944. The number of rotatable bonds is 9. The number of hydrogen-bond donors (Lipinski definition) is 2. The van der Waals surface area contributed by atoms with Crippen LogP contribution in [0.15, 0.2) is 5.38 Å². The summed E-state index contributed by atoms with van der Waals surface area (Å²) in [5.74, 6) is -0.0907. The van der Waals surface area contributed by atoms with Crippen molar-refractivity contribution < 1.29 is 4.79 Å². The Labute approximate surface area is 143 Å². The number of aromatic nitrogens is 1. The minimum atomic E-state index is -0.0907. The van der Waals surface area contributed by atoms with Crippen LogP contribution < -0.4 is 11.1 Å². The summed E-state index contributed by atoms with van der Waals surface area (Å²) in [7, 11) is 0. The van der Waals surface area contributed by atoms with Crippen LogP contribution >= 0.6 is 36.2 Å². The van der Waals surface area contributed by atoms with Crippen molar-refractivity contribution in [3.63, 3.8) is 0 Å². The lowest BCUT2D eigenvalue weighted by Crippen LogP contribution is -2.35. The molecule has 0 fully saturated rings. The first-order chi connectivity index (χ1) is 9.21. The molecule has 1 rings (SSSR count). The summed E-state index contributed by atoms with van der Waals surface area (Å²) in [6.45, 7) is 8.50. The van der Waals surface area contributed by atoms with Gasteiger partial charge in [-0.3, -0.25) is 4.79 Å². The third-order valence-electron chi connectivity index (χ3n) is 2.84. The maximum atomic E-state index is 11.9. The molecule has 1 aromatic rings. The van der Waals surface area contributed by atoms with Gasteiger partial charge in [-0.25, -0.2) is 4.98 Å². The van der Waals surface area contributed by atoms with Crippen molar-refractivity contribution in [2.24, 2.45) is 5.73 Å². The van der Waals surface area contributed by atoms with Crippen molar-refractivity contribution in [1.29, 1.82) is 0 Å². The molecule has 1 amide bonds. The van der Waals surface area contributed by atoms with E-state index in [1.165, 1.54) is 11.3 Å². The smallest absolute Gasteiger partial charge is 0.270 e. The van der Waals surface area contributed by atoms with Gasteiger partial charge < -0.3 is 16.0 Å². The molecule has 0 aromatic carbocycles. The molecule has 0 saturated carbocycles. The van der Waals surface area contributed by atoms with Crippen LogP contribution in [0.1, 0.15) is 35.8 Å². The second kappa shape index (κ2) is 13.3. The number of likely N-dealkylation sites (N-methyl/N-ethyl adjacent to an activating group) is 1. The SMILES string of the molecule is CCCN(CC)CCNC(=O)c1csc(CCN)n1.Cl.Cl. The number of carbonyl (C=O) groups is 1. The molecule has 0 aliphatic carbocycles. The Balaban J connectivity index is 0. The Hall–Kier alpha value is -0.400. The first-order valence-electron chi connectivity index (χ1n) is 6.86. The number of nitrogens with one attached hydrogen (secondary N) is 1. The minimum absolute atomic E-state index is 0. The summed E-state index contributed by atoms with van der Waals surface area (Å²) in [6, 6.07) is 0. The topological polar surface area (TPSA) is 71.2 Å². The largest absolute Gasteiger partial charge is 0.349 e. The van der Waals surface area contributed by atoms with E-state index in [2.05, 4.69) is 29.0 Å². The van der Waals surface area contributed by atoms with Crippen molar-refractivity contribution in [3.8, 4) is 0 Å². The van der Waals surface area contributed by atoms with E-state index in [9.17, 15) is 4.79 Å². The van der Waals surface area contributed by atoms with E-state index < -0.39 is 0 Å². The van der Waals surface area contributed by atoms with Gasteiger partial charge in [-0.1, -0.05) is 13.8 Å². The summed E-state index contributed by atoms with van der Waals surface area (Å²) in [5.41, 5.74) is 5.97. The van der Waals surface area contributed by atoms with Crippen LogP contribution in [0.5, 0.6) is 0 Å². The molecule has 0 spiro atoms. The molecule has 1 aromatic heterocycles. The third-order valence-corrected chi connectivity index (χ3v) is 3.75. The highest BCUT2D eigenvalue weighted by molar-refractivity contribution is 7.09. The normalized spacial score (nSPS) is 9.90. The molecule has 8 heteroatoms. The minimum Gasteiger partial charge on any atom is -0.349 e. The molecule has 1 heterocycles. The van der Waals surface area contributed by atoms with Gasteiger partial charge in [0.25, 0.3) is 5.91 Å². The fraction of sp³-hybridized carbons (Fsp3) is 0.692. The predicted molar refractivity (Wildman–Crippen MR) is 94.1 cm³/mol. The summed E-state index contributed by atoms with van der Waals surface area (Å²) in [6.07, 6.45) is 1.87. The van der Waals surface area contributed by atoms with Crippen molar-refractivity contribution >= 4 is 42.1 Å². The van der Waals surface area contributed by atoms with Gasteiger partial charge in [0, 0.05) is 24.9 Å². The summed E-state index contributed by atoms with van der Waals surface area (Å²) >= 11 is 1.49. The Kier molecular flexibility index (Phi) is 14.5. The van der Waals surface area contributed by atoms with Crippen LogP contribution in [-0.2, 0) is 6.42 Å². The van der Waals surface area contributed by atoms with E-state index in [0.717, 1.165) is 37.5 Å². The quantitative estimate of drug-likeness (QED) is 0.709. The molecule has 0 bridgehead atoms. The van der Waals surface area contributed by atoms with Crippen LogP contribution in [0.4, 0.5) is 0 Å². The molecule has 3 N–H and O–H groups in total. The van der Waals surface area contributed by atoms with Gasteiger partial charge in [0.05, 0.1) is 5.01 Å². The van der Waals surface area contributed by atoms with Gasteiger partial charge in [0.2, 0.25) is 0 Å². The van der Waals surface area contributed by atoms with Gasteiger partial charge in [-0.2, -0.15) is 0 Å². The number of nitrogens with zero attached hydrogens (tertiary/aromatic N) is 2. The summed E-state index contributed by atoms with van der Waals surface area (Å²) < 4.78 is 0. The number of carbonyl (C=O) groups excluding carboxylic acids is 1. The maximum absolute atomic E-state index is 11.9. The number of hydrogen-bond acceptors (Lipinski definition) is 5. The third kappa shape index (κ3) is 8.58. The van der Waals surface area contributed by atoms with Crippen LogP contribution in [0.25, 0.3) is 0 Å². The zero-order valence-electron chi connectivity index (χ0n) is 12.6.